The van der Waals surface area contributed by atoms with Gasteiger partial charge in [0.2, 0.25) is 13.6 Å². The van der Waals surface area contributed by atoms with Crippen molar-refractivity contribution in [1.29, 1.82) is 0 Å². The molecule has 0 radical (unpaired) electrons. The number of aromatic nitrogens is 2. The lowest BCUT2D eigenvalue weighted by Crippen LogP contribution is -2.25. The molecule has 0 spiro atoms. The zero-order chi connectivity index (χ0) is 26.9. The van der Waals surface area contributed by atoms with Crippen molar-refractivity contribution in [3.63, 3.8) is 0 Å². The first-order chi connectivity index (χ1) is 19.7. The first-order valence-electron chi connectivity index (χ1n) is 13.9. The van der Waals surface area contributed by atoms with Crippen LogP contribution in [0.2, 0.25) is 0 Å². The van der Waals surface area contributed by atoms with Crippen molar-refractivity contribution >= 4 is 5.71 Å². The van der Waals surface area contributed by atoms with Crippen molar-refractivity contribution in [3.8, 4) is 34.4 Å². The van der Waals surface area contributed by atoms with Crippen LogP contribution in [-0.4, -0.2) is 40.3 Å². The Labute approximate surface area is 233 Å². The monoisotopic (exact) mass is 536 g/mol. The molecule has 4 heterocycles. The molecule has 0 amide bonds. The van der Waals surface area contributed by atoms with Gasteiger partial charge in [0.15, 0.2) is 23.0 Å². The highest BCUT2D eigenvalue weighted by molar-refractivity contribution is 6.10. The number of ether oxygens (including phenoxy) is 4. The fraction of sp³-hybridized carbons (Fsp3) is 0.312. The molecule has 0 saturated carbocycles. The number of unbranched alkanes of at least 4 members (excludes halogenated alkanes) is 1. The van der Waals surface area contributed by atoms with Crippen molar-refractivity contribution in [2.24, 2.45) is 4.99 Å². The topological polar surface area (TPSA) is 70.3 Å². The standard InChI is InChI=1S/C32H32N4O4/c1-2-3-13-36-26(31(25-16-33-25)34-32(36)24-7-5-4-6-8-24)19-35(17-22-9-11-27-29(14-22)39-20-37-27)18-23-10-12-28-30(15-23)40-21-38-28/h4-12,14-15H,2-3,13,16-21H2,1H3. The van der Waals surface area contributed by atoms with E-state index in [1.165, 1.54) is 16.8 Å². The molecule has 1 aromatic heterocycles. The fourth-order valence-electron chi connectivity index (χ4n) is 5.41. The molecule has 0 fully saturated rings. The first-order valence-corrected chi connectivity index (χ1v) is 13.9. The molecule has 4 aromatic rings. The number of fused-ring (bicyclic) bond motifs is 2. The molecular formula is C32H32N4O4. The molecule has 0 N–H and O–H groups in total. The number of aliphatic imine (C=N–C) groups is 1. The Morgan fingerprint density at radius 3 is 2.00 bits per heavy atom. The van der Waals surface area contributed by atoms with Crippen LogP contribution in [-0.2, 0) is 26.2 Å². The average molecular weight is 537 g/mol. The Kier molecular flexibility index (Phi) is 6.61. The Morgan fingerprint density at radius 2 is 1.40 bits per heavy atom. The summed E-state index contributed by atoms with van der Waals surface area (Å²) in [6.07, 6.45) is 2.19. The SMILES string of the molecule is CCCCn1c(-c2ccccc2)nc(C2=NC2)c1CN(Cc1ccc2c(c1)OCO2)Cc1ccc2c(c1)OCO2. The molecule has 7 rings (SSSR count). The second-order valence-electron chi connectivity index (χ2n) is 10.4. The summed E-state index contributed by atoms with van der Waals surface area (Å²) in [6, 6.07) is 22.9. The van der Waals surface area contributed by atoms with Gasteiger partial charge in [-0.1, -0.05) is 55.8 Å². The quantitative estimate of drug-likeness (QED) is 0.241. The molecule has 0 unspecified atom stereocenters. The number of hydrogen-bond acceptors (Lipinski definition) is 7. The highest BCUT2D eigenvalue weighted by Crippen LogP contribution is 2.35. The number of benzene rings is 3. The van der Waals surface area contributed by atoms with Crippen LogP contribution in [0.1, 0.15) is 42.3 Å². The average Bonchev–Trinajstić information content (AvgIpc) is 3.37. The van der Waals surface area contributed by atoms with Crippen LogP contribution < -0.4 is 18.9 Å². The molecular weight excluding hydrogens is 504 g/mol. The highest BCUT2D eigenvalue weighted by atomic mass is 16.7. The van der Waals surface area contributed by atoms with E-state index in [-0.39, 0.29) is 13.6 Å². The molecule has 0 bridgehead atoms. The third kappa shape index (κ3) is 5.02. The van der Waals surface area contributed by atoms with Gasteiger partial charge in [-0.05, 0) is 41.8 Å². The summed E-state index contributed by atoms with van der Waals surface area (Å²) in [4.78, 5) is 12.2. The smallest absolute Gasteiger partial charge is 0.231 e. The van der Waals surface area contributed by atoms with Crippen LogP contribution in [0.5, 0.6) is 23.0 Å². The van der Waals surface area contributed by atoms with Crippen LogP contribution in [0.3, 0.4) is 0 Å². The van der Waals surface area contributed by atoms with Crippen LogP contribution in [0.15, 0.2) is 71.7 Å². The van der Waals surface area contributed by atoms with Crippen molar-refractivity contribution in [3.05, 3.63) is 89.2 Å². The predicted molar refractivity (Wildman–Crippen MR) is 152 cm³/mol. The molecule has 8 heteroatoms. The van der Waals surface area contributed by atoms with E-state index in [2.05, 4.69) is 69.9 Å². The molecule has 3 aliphatic rings. The third-order valence-electron chi connectivity index (χ3n) is 7.49. The van der Waals surface area contributed by atoms with E-state index in [1.54, 1.807) is 0 Å². The van der Waals surface area contributed by atoms with Gasteiger partial charge in [0.05, 0.1) is 18.0 Å². The van der Waals surface area contributed by atoms with E-state index in [0.29, 0.717) is 0 Å². The number of hydrogen-bond donors (Lipinski definition) is 0. The molecule has 0 aliphatic carbocycles. The summed E-state index contributed by atoms with van der Waals surface area (Å²) >= 11 is 0. The van der Waals surface area contributed by atoms with Gasteiger partial charge >= 0.3 is 0 Å². The number of nitrogens with zero attached hydrogens (tertiary/aromatic N) is 4. The molecule has 40 heavy (non-hydrogen) atoms. The van der Waals surface area contributed by atoms with Gasteiger partial charge in [0.25, 0.3) is 0 Å². The minimum Gasteiger partial charge on any atom is -0.454 e. The minimum absolute atomic E-state index is 0.268. The van der Waals surface area contributed by atoms with Gasteiger partial charge in [-0.2, -0.15) is 0 Å². The fourth-order valence-corrected chi connectivity index (χ4v) is 5.41. The second kappa shape index (κ2) is 10.7. The summed E-state index contributed by atoms with van der Waals surface area (Å²) in [5.74, 6) is 4.20. The minimum atomic E-state index is 0.268. The van der Waals surface area contributed by atoms with E-state index in [9.17, 15) is 0 Å². The maximum Gasteiger partial charge on any atom is 0.231 e. The maximum atomic E-state index is 5.68. The highest BCUT2D eigenvalue weighted by Gasteiger charge is 2.27. The van der Waals surface area contributed by atoms with Crippen molar-refractivity contribution in [2.45, 2.75) is 45.9 Å². The summed E-state index contributed by atoms with van der Waals surface area (Å²) in [5.41, 5.74) is 6.79. The first kappa shape index (κ1) is 24.7. The normalized spacial score (nSPS) is 14.6. The predicted octanol–water partition coefficient (Wildman–Crippen LogP) is 5.81. The van der Waals surface area contributed by atoms with Crippen molar-refractivity contribution in [1.82, 2.24) is 14.5 Å². The summed E-state index contributed by atoms with van der Waals surface area (Å²) < 4.78 is 24.9. The Morgan fingerprint density at radius 1 is 0.775 bits per heavy atom. The van der Waals surface area contributed by atoms with Gasteiger partial charge in [-0.15, -0.1) is 0 Å². The zero-order valence-electron chi connectivity index (χ0n) is 22.6. The largest absolute Gasteiger partial charge is 0.454 e. The third-order valence-corrected chi connectivity index (χ3v) is 7.49. The molecule has 204 valence electrons. The van der Waals surface area contributed by atoms with Crippen LogP contribution in [0.4, 0.5) is 0 Å². The van der Waals surface area contributed by atoms with E-state index in [1.807, 2.05) is 18.2 Å². The summed E-state index contributed by atoms with van der Waals surface area (Å²) in [5, 5.41) is 0. The second-order valence-corrected chi connectivity index (χ2v) is 10.4. The van der Waals surface area contributed by atoms with Gasteiger partial charge < -0.3 is 23.5 Å². The zero-order valence-corrected chi connectivity index (χ0v) is 22.6. The lowest BCUT2D eigenvalue weighted by atomic mass is 10.1. The van der Waals surface area contributed by atoms with Gasteiger partial charge in [0, 0.05) is 31.7 Å². The van der Waals surface area contributed by atoms with E-state index in [0.717, 1.165) is 91.4 Å². The number of rotatable bonds is 11. The lowest BCUT2D eigenvalue weighted by molar-refractivity contribution is 0.173. The number of imidazole rings is 1. The molecule has 3 aromatic carbocycles. The van der Waals surface area contributed by atoms with Gasteiger partial charge in [0.1, 0.15) is 11.5 Å². The molecule has 3 aliphatic heterocycles. The lowest BCUT2D eigenvalue weighted by Gasteiger charge is -2.24. The molecule has 0 atom stereocenters. The van der Waals surface area contributed by atoms with Crippen molar-refractivity contribution in [2.75, 3.05) is 20.1 Å². The van der Waals surface area contributed by atoms with E-state index < -0.39 is 0 Å². The summed E-state index contributed by atoms with van der Waals surface area (Å²) in [7, 11) is 0. The molecule has 0 saturated heterocycles. The van der Waals surface area contributed by atoms with Crippen LogP contribution in [0, 0.1) is 0 Å². The van der Waals surface area contributed by atoms with E-state index >= 15 is 0 Å². The van der Waals surface area contributed by atoms with Crippen molar-refractivity contribution < 1.29 is 18.9 Å². The van der Waals surface area contributed by atoms with Gasteiger partial charge in [-0.3, -0.25) is 9.89 Å². The van der Waals surface area contributed by atoms with Gasteiger partial charge in [-0.25, -0.2) is 4.98 Å². The maximum absolute atomic E-state index is 5.68. The van der Waals surface area contributed by atoms with Crippen LogP contribution >= 0.6 is 0 Å². The van der Waals surface area contributed by atoms with E-state index in [4.69, 9.17) is 23.9 Å². The Balaban J connectivity index is 1.26. The summed E-state index contributed by atoms with van der Waals surface area (Å²) in [6.45, 7) is 6.63. The Bertz CT molecular complexity index is 1500. The molecule has 8 nitrogen and oxygen atoms in total. The Hall–Kier alpha value is -4.30. The van der Waals surface area contributed by atoms with Crippen LogP contribution in [0.25, 0.3) is 11.4 Å².